The van der Waals surface area contributed by atoms with Gasteiger partial charge in [-0.15, -0.1) is 11.3 Å². The minimum absolute atomic E-state index is 0.707. The van der Waals surface area contributed by atoms with E-state index in [0.717, 1.165) is 24.3 Å². The van der Waals surface area contributed by atoms with Crippen molar-refractivity contribution in [2.24, 2.45) is 0 Å². The molecule has 0 radical (unpaired) electrons. The van der Waals surface area contributed by atoms with Crippen molar-refractivity contribution in [3.8, 4) is 5.69 Å². The zero-order valence-corrected chi connectivity index (χ0v) is 13.3. The van der Waals surface area contributed by atoms with E-state index in [2.05, 4.69) is 29.4 Å². The Hall–Kier alpha value is -1.78. The molecule has 0 fully saturated rings. The first-order valence-corrected chi connectivity index (χ1v) is 8.05. The molecular formula is C16H16ClN3S. The quantitative estimate of drug-likeness (QED) is 0.735. The number of thiophene rings is 1. The van der Waals surface area contributed by atoms with E-state index in [9.17, 15) is 0 Å². The van der Waals surface area contributed by atoms with Crippen LogP contribution in [-0.2, 0) is 13.0 Å². The number of anilines is 1. The smallest absolute Gasteiger partial charge is 0.0992 e. The van der Waals surface area contributed by atoms with Crippen molar-refractivity contribution >= 4 is 28.6 Å². The van der Waals surface area contributed by atoms with Gasteiger partial charge in [0.05, 0.1) is 22.7 Å². The molecule has 0 amide bonds. The van der Waals surface area contributed by atoms with Gasteiger partial charge < -0.3 is 9.88 Å². The third-order valence-corrected chi connectivity index (χ3v) is 4.80. The molecule has 0 aliphatic carbocycles. The van der Waals surface area contributed by atoms with Gasteiger partial charge in [0.25, 0.3) is 0 Å². The predicted molar refractivity (Wildman–Crippen MR) is 89.6 cm³/mol. The van der Waals surface area contributed by atoms with Crippen molar-refractivity contribution in [2.45, 2.75) is 19.9 Å². The van der Waals surface area contributed by atoms with Crippen LogP contribution in [0.5, 0.6) is 0 Å². The average molecular weight is 318 g/mol. The van der Waals surface area contributed by atoms with Crippen molar-refractivity contribution in [2.75, 3.05) is 5.32 Å². The zero-order chi connectivity index (χ0) is 14.7. The summed E-state index contributed by atoms with van der Waals surface area (Å²) in [6, 6.07) is 10.3. The molecule has 3 aromatic rings. The Morgan fingerprint density at radius 1 is 1.24 bits per heavy atom. The van der Waals surface area contributed by atoms with Gasteiger partial charge in [-0.2, -0.15) is 0 Å². The van der Waals surface area contributed by atoms with Crippen LogP contribution < -0.4 is 5.32 Å². The molecule has 3 nitrogen and oxygen atoms in total. The lowest BCUT2D eigenvalue weighted by Crippen LogP contribution is -2.03. The van der Waals surface area contributed by atoms with E-state index in [1.165, 1.54) is 9.75 Å². The highest BCUT2D eigenvalue weighted by Crippen LogP contribution is 2.29. The van der Waals surface area contributed by atoms with E-state index < -0.39 is 0 Å². The van der Waals surface area contributed by atoms with Gasteiger partial charge in [-0.05, 0) is 30.7 Å². The Bertz CT molecular complexity index is 719. The minimum atomic E-state index is 0.707. The SMILES string of the molecule is CCc1ccc(CNc2cccc(Cl)c2-n2ccnc2)s1. The topological polar surface area (TPSA) is 29.9 Å². The van der Waals surface area contributed by atoms with Gasteiger partial charge in [-0.3, -0.25) is 0 Å². The largest absolute Gasteiger partial charge is 0.378 e. The number of aryl methyl sites for hydroxylation is 1. The number of rotatable bonds is 5. The first kappa shape index (κ1) is 14.2. The molecule has 1 aromatic carbocycles. The van der Waals surface area contributed by atoms with Gasteiger partial charge >= 0.3 is 0 Å². The van der Waals surface area contributed by atoms with Gasteiger partial charge in [0, 0.05) is 28.7 Å². The van der Waals surface area contributed by atoms with Gasteiger partial charge in [0.2, 0.25) is 0 Å². The first-order chi connectivity index (χ1) is 10.3. The van der Waals surface area contributed by atoms with E-state index in [1.807, 2.05) is 40.3 Å². The Balaban J connectivity index is 1.84. The molecule has 3 rings (SSSR count). The summed E-state index contributed by atoms with van der Waals surface area (Å²) in [5.41, 5.74) is 1.94. The fourth-order valence-corrected chi connectivity index (χ4v) is 3.37. The molecule has 108 valence electrons. The molecule has 2 aromatic heterocycles. The Labute approximate surface area is 133 Å². The van der Waals surface area contributed by atoms with Gasteiger partial charge in [-0.25, -0.2) is 4.98 Å². The molecule has 0 aliphatic heterocycles. The maximum atomic E-state index is 6.34. The highest BCUT2D eigenvalue weighted by atomic mass is 35.5. The highest BCUT2D eigenvalue weighted by molar-refractivity contribution is 7.12. The summed E-state index contributed by atoms with van der Waals surface area (Å²) in [5.74, 6) is 0. The molecule has 0 saturated carbocycles. The second-order valence-electron chi connectivity index (χ2n) is 4.68. The Morgan fingerprint density at radius 3 is 2.81 bits per heavy atom. The molecule has 1 N–H and O–H groups in total. The molecule has 0 spiro atoms. The van der Waals surface area contributed by atoms with Crippen LogP contribution in [0, 0.1) is 0 Å². The third kappa shape index (κ3) is 3.12. The van der Waals surface area contributed by atoms with Crippen LogP contribution in [0.3, 0.4) is 0 Å². The van der Waals surface area contributed by atoms with Crippen molar-refractivity contribution in [3.05, 3.63) is 63.8 Å². The molecule has 0 bridgehead atoms. The van der Waals surface area contributed by atoms with Crippen LogP contribution in [0.2, 0.25) is 5.02 Å². The number of hydrogen-bond donors (Lipinski definition) is 1. The average Bonchev–Trinajstić information content (AvgIpc) is 3.16. The zero-order valence-electron chi connectivity index (χ0n) is 11.7. The van der Waals surface area contributed by atoms with E-state index >= 15 is 0 Å². The molecule has 2 heterocycles. The lowest BCUT2D eigenvalue weighted by molar-refractivity contribution is 1.05. The number of hydrogen-bond acceptors (Lipinski definition) is 3. The Kier molecular flexibility index (Phi) is 4.27. The van der Waals surface area contributed by atoms with Gasteiger partial charge in [-0.1, -0.05) is 24.6 Å². The second-order valence-corrected chi connectivity index (χ2v) is 6.34. The fraction of sp³-hybridized carbons (Fsp3) is 0.188. The minimum Gasteiger partial charge on any atom is -0.378 e. The summed E-state index contributed by atoms with van der Waals surface area (Å²) in [5, 5.41) is 4.18. The predicted octanol–water partition coefficient (Wildman–Crippen LogP) is 4.76. The van der Waals surface area contributed by atoms with Gasteiger partial charge in [0.15, 0.2) is 0 Å². The van der Waals surface area contributed by atoms with Crippen molar-refractivity contribution in [1.82, 2.24) is 9.55 Å². The van der Waals surface area contributed by atoms with Crippen LogP contribution in [0.25, 0.3) is 5.69 Å². The summed E-state index contributed by atoms with van der Waals surface area (Å²) < 4.78 is 1.93. The number of benzene rings is 1. The molecular weight excluding hydrogens is 302 g/mol. The summed E-state index contributed by atoms with van der Waals surface area (Å²) in [4.78, 5) is 6.82. The van der Waals surface area contributed by atoms with E-state index in [0.29, 0.717) is 5.02 Å². The number of nitrogens with one attached hydrogen (secondary N) is 1. The lowest BCUT2D eigenvalue weighted by Gasteiger charge is -2.13. The standard InChI is InChI=1S/C16H16ClN3S/c1-2-12-6-7-13(21-12)10-19-15-5-3-4-14(17)16(15)20-9-8-18-11-20/h3-9,11,19H,2,10H2,1H3. The van der Waals surface area contributed by atoms with Crippen molar-refractivity contribution in [3.63, 3.8) is 0 Å². The normalized spacial score (nSPS) is 10.8. The van der Waals surface area contributed by atoms with Crippen molar-refractivity contribution in [1.29, 1.82) is 0 Å². The summed E-state index contributed by atoms with van der Waals surface area (Å²) in [6.45, 7) is 2.98. The van der Waals surface area contributed by atoms with E-state index in [1.54, 1.807) is 12.5 Å². The molecule has 0 aliphatic rings. The van der Waals surface area contributed by atoms with Crippen LogP contribution in [-0.4, -0.2) is 9.55 Å². The third-order valence-electron chi connectivity index (χ3n) is 3.27. The maximum absolute atomic E-state index is 6.34. The first-order valence-electron chi connectivity index (χ1n) is 6.86. The number of aromatic nitrogens is 2. The van der Waals surface area contributed by atoms with Crippen LogP contribution >= 0.6 is 22.9 Å². The summed E-state index contributed by atoms with van der Waals surface area (Å²) in [6.07, 6.45) is 6.49. The number of para-hydroxylation sites is 1. The van der Waals surface area contributed by atoms with Crippen LogP contribution in [0.15, 0.2) is 49.1 Å². The molecule has 0 unspecified atom stereocenters. The lowest BCUT2D eigenvalue weighted by atomic mass is 10.2. The number of halogens is 1. The maximum Gasteiger partial charge on any atom is 0.0992 e. The number of imidazole rings is 1. The van der Waals surface area contributed by atoms with E-state index in [-0.39, 0.29) is 0 Å². The molecule has 0 atom stereocenters. The van der Waals surface area contributed by atoms with Crippen LogP contribution in [0.1, 0.15) is 16.7 Å². The molecule has 5 heteroatoms. The van der Waals surface area contributed by atoms with Crippen molar-refractivity contribution < 1.29 is 0 Å². The number of nitrogens with zero attached hydrogens (tertiary/aromatic N) is 2. The van der Waals surface area contributed by atoms with Crippen LogP contribution in [0.4, 0.5) is 5.69 Å². The van der Waals surface area contributed by atoms with E-state index in [4.69, 9.17) is 11.6 Å². The fourth-order valence-electron chi connectivity index (χ4n) is 2.20. The summed E-state index contributed by atoms with van der Waals surface area (Å²) >= 11 is 8.19. The second kappa shape index (κ2) is 6.33. The molecule has 0 saturated heterocycles. The summed E-state index contributed by atoms with van der Waals surface area (Å²) in [7, 11) is 0. The van der Waals surface area contributed by atoms with Gasteiger partial charge in [0.1, 0.15) is 0 Å². The monoisotopic (exact) mass is 317 g/mol. The highest BCUT2D eigenvalue weighted by Gasteiger charge is 2.09. The Morgan fingerprint density at radius 2 is 2.10 bits per heavy atom. The molecule has 21 heavy (non-hydrogen) atoms.